The van der Waals surface area contributed by atoms with Crippen LogP contribution >= 0.6 is 0 Å². The molecule has 3 amide bonds. The highest BCUT2D eigenvalue weighted by atomic mass is 19.4. The van der Waals surface area contributed by atoms with E-state index in [-0.39, 0.29) is 5.56 Å². The number of nitrogens with zero attached hydrogens (tertiary/aromatic N) is 2. The highest BCUT2D eigenvalue weighted by Crippen LogP contribution is 2.22. The van der Waals surface area contributed by atoms with Crippen LogP contribution in [-0.2, 0) is 4.79 Å². The molecule has 3 rings (SSSR count). The molecule has 1 aromatic heterocycles. The molecule has 0 spiro atoms. The number of primary amides is 2. The summed E-state index contributed by atoms with van der Waals surface area (Å²) >= 11 is 0. The van der Waals surface area contributed by atoms with E-state index >= 15 is 0 Å². The molecular weight excluding hydrogens is 414 g/mol. The highest BCUT2D eigenvalue weighted by Gasteiger charge is 2.38. The van der Waals surface area contributed by atoms with Gasteiger partial charge in [0.25, 0.3) is 5.91 Å². The molecule has 3 aromatic rings. The molecule has 158 valence electrons. The Kier molecular flexibility index (Phi) is 6.24. The monoisotopic (exact) mass is 427 g/mol. The number of urea groups is 1. The smallest absolute Gasteiger partial charge is 0.475 e. The summed E-state index contributed by atoms with van der Waals surface area (Å²) < 4.78 is 46.8. The molecule has 1 heterocycles. The molecule has 6 N–H and O–H groups in total. The van der Waals surface area contributed by atoms with Crippen molar-refractivity contribution in [3.8, 4) is 5.69 Å². The van der Waals surface area contributed by atoms with Crippen LogP contribution in [-0.4, -0.2) is 39.0 Å². The predicted octanol–water partition coefficient (Wildman–Crippen LogP) is 2.39. The number of amides is 3. The number of aromatic nitrogens is 2. The van der Waals surface area contributed by atoms with E-state index in [1.165, 1.54) is 10.7 Å². The van der Waals surface area contributed by atoms with Gasteiger partial charge >= 0.3 is 18.2 Å². The fourth-order valence-electron chi connectivity index (χ4n) is 2.26. The van der Waals surface area contributed by atoms with Gasteiger partial charge < -0.3 is 21.9 Å². The maximum absolute atomic E-state index is 13.5. The van der Waals surface area contributed by atoms with Crippen molar-refractivity contribution in [3.05, 3.63) is 54.0 Å². The minimum absolute atomic E-state index is 0.0192. The fraction of sp³-hybridized carbons (Fsp3) is 0.0588. The number of hydrogen-bond donors (Lipinski definition) is 4. The lowest BCUT2D eigenvalue weighted by atomic mass is 10.1. The number of benzene rings is 2. The van der Waals surface area contributed by atoms with Gasteiger partial charge in [-0.25, -0.2) is 18.7 Å². The topological polar surface area (TPSA) is 153 Å². The van der Waals surface area contributed by atoms with Crippen LogP contribution in [0.3, 0.4) is 0 Å². The Labute approximate surface area is 164 Å². The van der Waals surface area contributed by atoms with Crippen molar-refractivity contribution in [2.45, 2.75) is 6.18 Å². The Morgan fingerprint density at radius 2 is 1.63 bits per heavy atom. The maximum atomic E-state index is 13.5. The lowest BCUT2D eigenvalue weighted by Gasteiger charge is -2.04. The standard InChI is InChI=1S/C15H12FN5O2.C2HF3O2/c16-9-5-8-7-21(20-13(8)12(6-9)14(17)22)11-3-1-10(2-4-11)19-15(18)23;3-2(4,5)1(6)7/h1-7H,(H2,17,22)(H3,18,19,23);(H,6,7). The van der Waals surface area contributed by atoms with Gasteiger partial charge in [-0.2, -0.15) is 18.3 Å². The van der Waals surface area contributed by atoms with E-state index in [0.29, 0.717) is 22.3 Å². The van der Waals surface area contributed by atoms with Crippen molar-refractivity contribution in [3.63, 3.8) is 0 Å². The molecule has 0 saturated heterocycles. The number of rotatable bonds is 3. The van der Waals surface area contributed by atoms with Crippen molar-refractivity contribution >= 4 is 34.5 Å². The van der Waals surface area contributed by atoms with Gasteiger partial charge in [0.05, 0.1) is 11.3 Å². The van der Waals surface area contributed by atoms with E-state index in [1.54, 1.807) is 30.5 Å². The molecule has 0 saturated carbocycles. The van der Waals surface area contributed by atoms with Crippen LogP contribution in [0.2, 0.25) is 0 Å². The van der Waals surface area contributed by atoms with Crippen molar-refractivity contribution in [1.82, 2.24) is 9.78 Å². The van der Waals surface area contributed by atoms with Gasteiger partial charge in [-0.05, 0) is 36.4 Å². The Balaban J connectivity index is 0.000000396. The largest absolute Gasteiger partial charge is 0.490 e. The molecule has 0 fully saturated rings. The van der Waals surface area contributed by atoms with Gasteiger partial charge in [-0.1, -0.05) is 0 Å². The van der Waals surface area contributed by atoms with Crippen molar-refractivity contribution in [2.75, 3.05) is 5.32 Å². The summed E-state index contributed by atoms with van der Waals surface area (Å²) in [6.07, 6.45) is -3.50. The van der Waals surface area contributed by atoms with Crippen LogP contribution in [0.25, 0.3) is 16.6 Å². The van der Waals surface area contributed by atoms with Crippen LogP contribution < -0.4 is 16.8 Å². The number of halogens is 4. The zero-order valence-corrected chi connectivity index (χ0v) is 14.8. The zero-order chi connectivity index (χ0) is 22.6. The fourth-order valence-corrected chi connectivity index (χ4v) is 2.26. The summed E-state index contributed by atoms with van der Waals surface area (Å²) in [5, 5.41) is 14.3. The number of carbonyl (C=O) groups excluding carboxylic acids is 2. The second-order valence-electron chi connectivity index (χ2n) is 5.67. The molecule has 0 radical (unpaired) electrons. The number of aliphatic carboxylic acids is 1. The van der Waals surface area contributed by atoms with E-state index in [9.17, 15) is 27.2 Å². The van der Waals surface area contributed by atoms with Crippen LogP contribution in [0.15, 0.2) is 42.6 Å². The first kappa shape index (κ1) is 22.1. The first-order valence-corrected chi connectivity index (χ1v) is 7.84. The normalized spacial score (nSPS) is 10.8. The molecular formula is C17H13F4N5O4. The van der Waals surface area contributed by atoms with Gasteiger partial charge in [0.2, 0.25) is 0 Å². The molecule has 0 aliphatic carbocycles. The van der Waals surface area contributed by atoms with Crippen molar-refractivity contribution in [2.24, 2.45) is 11.5 Å². The number of hydrogen-bond acceptors (Lipinski definition) is 4. The van der Waals surface area contributed by atoms with Gasteiger partial charge in [0, 0.05) is 17.3 Å². The Morgan fingerprint density at radius 3 is 2.10 bits per heavy atom. The number of carbonyl (C=O) groups is 3. The Bertz CT molecular complexity index is 1110. The van der Waals surface area contributed by atoms with Crippen LogP contribution in [0, 0.1) is 5.82 Å². The predicted molar refractivity (Wildman–Crippen MR) is 96.4 cm³/mol. The number of carboxylic acid groups (broad SMARTS) is 1. The van der Waals surface area contributed by atoms with Gasteiger partial charge in [-0.3, -0.25) is 4.79 Å². The summed E-state index contributed by atoms with van der Waals surface area (Å²) in [6.45, 7) is 0. The number of anilines is 1. The van der Waals surface area contributed by atoms with Crippen LogP contribution in [0.4, 0.5) is 28.0 Å². The molecule has 0 aliphatic rings. The van der Waals surface area contributed by atoms with Gasteiger partial charge in [-0.15, -0.1) is 0 Å². The van der Waals surface area contributed by atoms with Crippen molar-refractivity contribution in [1.29, 1.82) is 0 Å². The van der Waals surface area contributed by atoms with E-state index in [4.69, 9.17) is 21.4 Å². The van der Waals surface area contributed by atoms with E-state index in [1.807, 2.05) is 0 Å². The van der Waals surface area contributed by atoms with Crippen LogP contribution in [0.1, 0.15) is 10.4 Å². The number of nitrogens with two attached hydrogens (primary N) is 2. The first-order valence-electron chi connectivity index (χ1n) is 7.84. The first-order chi connectivity index (χ1) is 13.9. The van der Waals surface area contributed by atoms with Crippen LogP contribution in [0.5, 0.6) is 0 Å². The third-order valence-electron chi connectivity index (χ3n) is 3.48. The average molecular weight is 427 g/mol. The molecule has 0 aliphatic heterocycles. The molecule has 0 bridgehead atoms. The second kappa shape index (κ2) is 8.46. The minimum atomic E-state index is -5.08. The number of alkyl halides is 3. The Hall–Kier alpha value is -4.16. The minimum Gasteiger partial charge on any atom is -0.475 e. The Morgan fingerprint density at radius 1 is 1.07 bits per heavy atom. The summed E-state index contributed by atoms with van der Waals surface area (Å²) in [7, 11) is 0. The molecule has 2 aromatic carbocycles. The summed E-state index contributed by atoms with van der Waals surface area (Å²) in [5.74, 6) is -4.07. The number of fused-ring (bicyclic) bond motifs is 1. The lowest BCUT2D eigenvalue weighted by Crippen LogP contribution is -2.21. The second-order valence-corrected chi connectivity index (χ2v) is 5.67. The average Bonchev–Trinajstić information content (AvgIpc) is 3.04. The quantitative estimate of drug-likeness (QED) is 0.473. The molecule has 0 unspecified atom stereocenters. The van der Waals surface area contributed by atoms with E-state index < -0.39 is 29.9 Å². The van der Waals surface area contributed by atoms with Gasteiger partial charge in [0.1, 0.15) is 11.3 Å². The molecule has 9 nitrogen and oxygen atoms in total. The number of nitrogens with one attached hydrogen (secondary N) is 1. The lowest BCUT2D eigenvalue weighted by molar-refractivity contribution is -0.192. The van der Waals surface area contributed by atoms with Crippen molar-refractivity contribution < 1.29 is 37.1 Å². The highest BCUT2D eigenvalue weighted by molar-refractivity contribution is 6.04. The van der Waals surface area contributed by atoms with E-state index in [0.717, 1.165) is 6.07 Å². The third-order valence-corrected chi connectivity index (χ3v) is 3.48. The number of carboxylic acids is 1. The van der Waals surface area contributed by atoms with Gasteiger partial charge in [0.15, 0.2) is 0 Å². The summed E-state index contributed by atoms with van der Waals surface area (Å²) in [6, 6.07) is 8.33. The molecule has 0 atom stereocenters. The van der Waals surface area contributed by atoms with E-state index in [2.05, 4.69) is 10.4 Å². The SMILES string of the molecule is NC(=O)Nc1ccc(-n2cc3cc(F)cc(C(N)=O)c3n2)cc1.O=C(O)C(F)(F)F. The third kappa shape index (κ3) is 5.43. The zero-order valence-electron chi connectivity index (χ0n) is 14.8. The molecule has 30 heavy (non-hydrogen) atoms. The summed E-state index contributed by atoms with van der Waals surface area (Å²) in [4.78, 5) is 31.1. The molecule has 13 heteroatoms. The summed E-state index contributed by atoms with van der Waals surface area (Å²) in [5.41, 5.74) is 11.8. The maximum Gasteiger partial charge on any atom is 0.490 e.